The molecule has 0 nitrogen and oxygen atoms in total. The lowest BCUT2D eigenvalue weighted by molar-refractivity contribution is 1.62. The lowest BCUT2D eigenvalue weighted by Crippen LogP contribution is -1.90. The Morgan fingerprint density at radius 3 is 1.06 bits per heavy atom. The Morgan fingerprint density at radius 1 is 0.208 bits per heavy atom. The van der Waals surface area contributed by atoms with Crippen molar-refractivity contribution in [2.45, 2.75) is 0 Å². The van der Waals surface area contributed by atoms with Crippen LogP contribution in [0.2, 0.25) is 0 Å². The van der Waals surface area contributed by atoms with Crippen LogP contribution < -0.4 is 0 Å². The number of hydrogen-bond acceptors (Lipinski definition) is 0. The summed E-state index contributed by atoms with van der Waals surface area (Å²) < 4.78 is 0. The van der Waals surface area contributed by atoms with Crippen molar-refractivity contribution in [1.82, 2.24) is 0 Å². The molecule has 0 atom stereocenters. The van der Waals surface area contributed by atoms with Crippen LogP contribution in [0.3, 0.4) is 0 Å². The molecular formula is C48H30. The number of hydrogen-bond donors (Lipinski definition) is 0. The van der Waals surface area contributed by atoms with Crippen molar-refractivity contribution in [3.05, 3.63) is 182 Å². The minimum absolute atomic E-state index is 1.23. The summed E-state index contributed by atoms with van der Waals surface area (Å²) in [5.41, 5.74) is 9.96. The zero-order valence-electron chi connectivity index (χ0n) is 26.3. The van der Waals surface area contributed by atoms with Gasteiger partial charge in [-0.25, -0.2) is 0 Å². The summed E-state index contributed by atoms with van der Waals surface area (Å²) in [7, 11) is 0. The van der Waals surface area contributed by atoms with Gasteiger partial charge >= 0.3 is 0 Å². The SMILES string of the molecule is c1cc(-c2ccc3ccccc3c2)cc(-c2ccc3ccc4c(-c5cccc(-c6ccc7ccccc7c6)c5)ccc5ccc2c3c54)c1. The van der Waals surface area contributed by atoms with Gasteiger partial charge in [-0.15, -0.1) is 0 Å². The van der Waals surface area contributed by atoms with Gasteiger partial charge in [0, 0.05) is 0 Å². The van der Waals surface area contributed by atoms with Gasteiger partial charge in [-0.2, -0.15) is 0 Å². The second kappa shape index (κ2) is 10.7. The average molecular weight is 607 g/mol. The Hall–Kier alpha value is -6.24. The molecule has 0 aromatic heterocycles. The van der Waals surface area contributed by atoms with E-state index in [1.807, 2.05) is 0 Å². The Labute approximate surface area is 279 Å². The summed E-state index contributed by atoms with van der Waals surface area (Å²) >= 11 is 0. The first-order chi connectivity index (χ1) is 23.8. The lowest BCUT2D eigenvalue weighted by atomic mass is 9.86. The van der Waals surface area contributed by atoms with Gasteiger partial charge in [0.15, 0.2) is 0 Å². The molecule has 0 heterocycles. The predicted octanol–water partition coefficient (Wildman–Crippen LogP) is 13.6. The van der Waals surface area contributed by atoms with Crippen LogP contribution in [0.15, 0.2) is 182 Å². The Morgan fingerprint density at radius 2 is 0.583 bits per heavy atom. The number of fused-ring (bicyclic) bond motifs is 2. The molecule has 0 aliphatic rings. The highest BCUT2D eigenvalue weighted by molar-refractivity contribution is 6.27. The van der Waals surface area contributed by atoms with Gasteiger partial charge in [0.05, 0.1) is 0 Å². The van der Waals surface area contributed by atoms with Crippen LogP contribution in [0.4, 0.5) is 0 Å². The van der Waals surface area contributed by atoms with Crippen molar-refractivity contribution in [2.75, 3.05) is 0 Å². The fraction of sp³-hybridized carbons (Fsp3) is 0. The van der Waals surface area contributed by atoms with Gasteiger partial charge in [0.25, 0.3) is 0 Å². The van der Waals surface area contributed by atoms with Crippen molar-refractivity contribution >= 4 is 53.9 Å². The van der Waals surface area contributed by atoms with Crippen LogP contribution in [-0.4, -0.2) is 0 Å². The molecule has 0 amide bonds. The first-order valence-electron chi connectivity index (χ1n) is 16.7. The van der Waals surface area contributed by atoms with Crippen LogP contribution in [-0.2, 0) is 0 Å². The van der Waals surface area contributed by atoms with E-state index >= 15 is 0 Å². The van der Waals surface area contributed by atoms with Crippen molar-refractivity contribution in [2.24, 2.45) is 0 Å². The zero-order valence-corrected chi connectivity index (χ0v) is 26.3. The molecule has 0 spiro atoms. The Kier molecular flexibility index (Phi) is 5.98. The monoisotopic (exact) mass is 606 g/mol. The lowest BCUT2D eigenvalue weighted by Gasteiger charge is -2.17. The summed E-state index contributed by atoms with van der Waals surface area (Å²) in [6.45, 7) is 0. The number of rotatable bonds is 4. The van der Waals surface area contributed by atoms with E-state index in [9.17, 15) is 0 Å². The molecule has 48 heavy (non-hydrogen) atoms. The maximum atomic E-state index is 2.35. The zero-order chi connectivity index (χ0) is 31.6. The molecule has 0 fully saturated rings. The van der Waals surface area contributed by atoms with E-state index in [1.165, 1.54) is 98.4 Å². The van der Waals surface area contributed by atoms with E-state index in [0.717, 1.165) is 0 Å². The molecule has 0 saturated heterocycles. The molecule has 0 bridgehead atoms. The minimum Gasteiger partial charge on any atom is -0.0616 e. The molecule has 222 valence electrons. The van der Waals surface area contributed by atoms with E-state index in [4.69, 9.17) is 0 Å². The van der Waals surface area contributed by atoms with Crippen LogP contribution in [0.25, 0.3) is 98.4 Å². The molecule has 0 aliphatic carbocycles. The van der Waals surface area contributed by atoms with Gasteiger partial charge in [0.2, 0.25) is 0 Å². The third-order valence-electron chi connectivity index (χ3n) is 10.2. The first kappa shape index (κ1) is 26.9. The second-order valence-corrected chi connectivity index (χ2v) is 12.9. The van der Waals surface area contributed by atoms with Gasteiger partial charge in [0.1, 0.15) is 0 Å². The van der Waals surface area contributed by atoms with Crippen molar-refractivity contribution < 1.29 is 0 Å². The fourth-order valence-corrected chi connectivity index (χ4v) is 7.77. The smallest absolute Gasteiger partial charge is 0.00203 e. The van der Waals surface area contributed by atoms with Gasteiger partial charge < -0.3 is 0 Å². The molecule has 0 N–H and O–H groups in total. The van der Waals surface area contributed by atoms with E-state index in [0.29, 0.717) is 0 Å². The Balaban J connectivity index is 1.12. The molecule has 10 rings (SSSR count). The van der Waals surface area contributed by atoms with Crippen LogP contribution >= 0.6 is 0 Å². The van der Waals surface area contributed by atoms with Gasteiger partial charge in [-0.05, 0) is 123 Å². The number of benzene rings is 10. The molecule has 10 aromatic carbocycles. The van der Waals surface area contributed by atoms with Gasteiger partial charge in [-0.3, -0.25) is 0 Å². The maximum Gasteiger partial charge on any atom is -0.00203 e. The third kappa shape index (κ3) is 4.31. The van der Waals surface area contributed by atoms with Crippen LogP contribution in [0.5, 0.6) is 0 Å². The largest absolute Gasteiger partial charge is 0.0616 e. The summed E-state index contributed by atoms with van der Waals surface area (Å²) in [6, 6.07) is 67.2. The van der Waals surface area contributed by atoms with E-state index in [-0.39, 0.29) is 0 Å². The van der Waals surface area contributed by atoms with Crippen LogP contribution in [0, 0.1) is 0 Å². The molecule has 0 saturated carbocycles. The van der Waals surface area contributed by atoms with Crippen molar-refractivity contribution in [1.29, 1.82) is 0 Å². The van der Waals surface area contributed by atoms with Crippen molar-refractivity contribution in [3.8, 4) is 44.5 Å². The Bertz CT molecular complexity index is 2640. The molecule has 0 unspecified atom stereocenters. The van der Waals surface area contributed by atoms with E-state index in [2.05, 4.69) is 182 Å². The van der Waals surface area contributed by atoms with Crippen LogP contribution in [0.1, 0.15) is 0 Å². The fourth-order valence-electron chi connectivity index (χ4n) is 7.77. The summed E-state index contributed by atoms with van der Waals surface area (Å²) in [4.78, 5) is 0. The second-order valence-electron chi connectivity index (χ2n) is 12.9. The standard InChI is InChI=1S/C48H30/c1-3-9-35-27-39(17-15-31(35)7-1)37-11-5-13-41(29-37)43-23-19-33-22-26-46-44(24-20-34-21-25-45(43)47(33)48(34)46)42-14-6-12-38(30-42)40-18-16-32-8-2-4-10-36(32)28-40/h1-30H. The first-order valence-corrected chi connectivity index (χ1v) is 16.7. The molecular weight excluding hydrogens is 577 g/mol. The topological polar surface area (TPSA) is 0 Å². The minimum atomic E-state index is 1.23. The molecule has 0 heteroatoms. The van der Waals surface area contributed by atoms with E-state index < -0.39 is 0 Å². The van der Waals surface area contributed by atoms with Gasteiger partial charge in [-0.1, -0.05) is 158 Å². The summed E-state index contributed by atoms with van der Waals surface area (Å²) in [6.07, 6.45) is 0. The highest BCUT2D eigenvalue weighted by Gasteiger charge is 2.16. The molecule has 10 aromatic rings. The van der Waals surface area contributed by atoms with E-state index in [1.54, 1.807) is 0 Å². The normalized spacial score (nSPS) is 11.8. The summed E-state index contributed by atoms with van der Waals surface area (Å²) in [5.74, 6) is 0. The quantitative estimate of drug-likeness (QED) is 0.175. The highest BCUT2D eigenvalue weighted by Crippen LogP contribution is 2.43. The molecule has 0 radical (unpaired) electrons. The molecule has 0 aliphatic heterocycles. The maximum absolute atomic E-state index is 2.35. The predicted molar refractivity (Wildman–Crippen MR) is 207 cm³/mol. The third-order valence-corrected chi connectivity index (χ3v) is 10.2. The average Bonchev–Trinajstić information content (AvgIpc) is 3.16. The highest BCUT2D eigenvalue weighted by atomic mass is 14.2. The van der Waals surface area contributed by atoms with Crippen molar-refractivity contribution in [3.63, 3.8) is 0 Å². The summed E-state index contributed by atoms with van der Waals surface area (Å²) in [5, 5.41) is 12.9.